The number of aromatic nitrogens is 1. The van der Waals surface area contributed by atoms with Crippen molar-refractivity contribution < 1.29 is 14.7 Å². The topological polar surface area (TPSA) is 79.6 Å². The summed E-state index contributed by atoms with van der Waals surface area (Å²) in [4.78, 5) is 38.0. The number of carbonyl (C=O) groups is 2. The fraction of sp³-hybridized carbons (Fsp3) is 0.320. The number of fused-ring (bicyclic) bond motifs is 5. The molecule has 6 heteroatoms. The van der Waals surface area contributed by atoms with Crippen LogP contribution in [-0.4, -0.2) is 39.5 Å². The minimum absolute atomic E-state index is 0.0000992. The largest absolute Gasteiger partial charge is 0.481 e. The molecule has 6 nitrogen and oxygen atoms in total. The number of carboxylic acids is 1. The van der Waals surface area contributed by atoms with Gasteiger partial charge in [0.1, 0.15) is 0 Å². The maximum Gasteiger partial charge on any atom is 0.303 e. The highest BCUT2D eigenvalue weighted by Crippen LogP contribution is 2.40. The smallest absolute Gasteiger partial charge is 0.303 e. The molecule has 0 aliphatic carbocycles. The molecule has 2 bridgehead atoms. The molecule has 5 rings (SSSR count). The zero-order valence-corrected chi connectivity index (χ0v) is 17.2. The lowest BCUT2D eigenvalue weighted by Crippen LogP contribution is -2.49. The van der Waals surface area contributed by atoms with Crippen molar-refractivity contribution >= 4 is 22.6 Å². The van der Waals surface area contributed by atoms with Gasteiger partial charge < -0.3 is 14.6 Å². The summed E-state index contributed by atoms with van der Waals surface area (Å²) in [6.07, 6.45) is 0.809. The van der Waals surface area contributed by atoms with Gasteiger partial charge in [0.25, 0.3) is 5.56 Å². The van der Waals surface area contributed by atoms with Gasteiger partial charge in [-0.1, -0.05) is 36.4 Å². The Hall–Kier alpha value is -3.41. The molecule has 1 aromatic heterocycles. The molecule has 3 heterocycles. The Morgan fingerprint density at radius 2 is 1.74 bits per heavy atom. The summed E-state index contributed by atoms with van der Waals surface area (Å²) in [6, 6.07) is 18.1. The Morgan fingerprint density at radius 1 is 0.935 bits per heavy atom. The fourth-order valence-corrected chi connectivity index (χ4v) is 5.19. The Bertz CT molecular complexity index is 1250. The first-order valence-corrected chi connectivity index (χ1v) is 10.7. The van der Waals surface area contributed by atoms with Gasteiger partial charge in [0.2, 0.25) is 5.91 Å². The van der Waals surface area contributed by atoms with Gasteiger partial charge >= 0.3 is 5.97 Å². The minimum atomic E-state index is -0.957. The molecule has 0 radical (unpaired) electrons. The quantitative estimate of drug-likeness (QED) is 0.706. The number of pyridine rings is 1. The van der Waals surface area contributed by atoms with Crippen LogP contribution in [0.15, 0.2) is 59.4 Å². The highest BCUT2D eigenvalue weighted by atomic mass is 16.4. The first-order chi connectivity index (χ1) is 15.0. The third-order valence-electron chi connectivity index (χ3n) is 6.56. The summed E-state index contributed by atoms with van der Waals surface area (Å²) in [7, 11) is 0. The van der Waals surface area contributed by atoms with Crippen molar-refractivity contribution in [2.24, 2.45) is 5.92 Å². The molecule has 1 fully saturated rings. The van der Waals surface area contributed by atoms with Crippen LogP contribution < -0.4 is 5.56 Å². The van der Waals surface area contributed by atoms with E-state index in [1.54, 1.807) is 11.0 Å². The van der Waals surface area contributed by atoms with E-state index < -0.39 is 5.97 Å². The van der Waals surface area contributed by atoms with Crippen LogP contribution in [0.5, 0.6) is 0 Å². The van der Waals surface area contributed by atoms with E-state index in [0.29, 0.717) is 19.6 Å². The van der Waals surface area contributed by atoms with E-state index in [-0.39, 0.29) is 36.1 Å². The van der Waals surface area contributed by atoms with Crippen LogP contribution in [0.3, 0.4) is 0 Å². The second-order valence-electron chi connectivity index (χ2n) is 8.63. The number of benzene rings is 2. The van der Waals surface area contributed by atoms with Crippen molar-refractivity contribution in [1.29, 1.82) is 0 Å². The predicted octanol–water partition coefficient (Wildman–Crippen LogP) is 3.48. The number of hydrogen-bond acceptors (Lipinski definition) is 3. The third kappa shape index (κ3) is 3.63. The molecular formula is C25H24N2O4. The van der Waals surface area contributed by atoms with Gasteiger partial charge in [0.15, 0.2) is 0 Å². The van der Waals surface area contributed by atoms with Gasteiger partial charge in [-0.3, -0.25) is 14.4 Å². The van der Waals surface area contributed by atoms with E-state index in [1.165, 1.54) is 5.39 Å². The van der Waals surface area contributed by atoms with Crippen LogP contribution in [0.2, 0.25) is 0 Å². The highest BCUT2D eigenvalue weighted by Gasteiger charge is 2.37. The Morgan fingerprint density at radius 3 is 2.55 bits per heavy atom. The molecule has 0 saturated carbocycles. The molecule has 3 aromatic rings. The molecule has 31 heavy (non-hydrogen) atoms. The molecule has 2 aliphatic rings. The van der Waals surface area contributed by atoms with E-state index in [4.69, 9.17) is 5.11 Å². The Kier molecular flexibility index (Phi) is 4.85. The number of piperidine rings is 1. The van der Waals surface area contributed by atoms with Crippen molar-refractivity contribution in [3.63, 3.8) is 0 Å². The van der Waals surface area contributed by atoms with Crippen molar-refractivity contribution in [3.05, 3.63) is 70.6 Å². The molecule has 1 N–H and O–H groups in total. The van der Waals surface area contributed by atoms with Crippen LogP contribution in [0.4, 0.5) is 0 Å². The van der Waals surface area contributed by atoms with Gasteiger partial charge in [-0.2, -0.15) is 0 Å². The van der Waals surface area contributed by atoms with Crippen LogP contribution >= 0.6 is 0 Å². The number of likely N-dealkylation sites (tertiary alicyclic amines) is 1. The van der Waals surface area contributed by atoms with Crippen molar-refractivity contribution in [2.45, 2.75) is 31.7 Å². The summed E-state index contributed by atoms with van der Waals surface area (Å²) in [5.74, 6) is -0.793. The number of carbonyl (C=O) groups excluding carboxylic acids is 1. The second-order valence-corrected chi connectivity index (χ2v) is 8.63. The molecule has 2 aromatic carbocycles. The lowest BCUT2D eigenvalue weighted by atomic mass is 9.80. The normalized spacial score (nSPS) is 19.8. The number of nitrogens with zero attached hydrogens (tertiary/aromatic N) is 2. The van der Waals surface area contributed by atoms with Crippen molar-refractivity contribution in [2.75, 3.05) is 13.1 Å². The van der Waals surface area contributed by atoms with Crippen molar-refractivity contribution in [1.82, 2.24) is 9.47 Å². The number of carboxylic acid groups (broad SMARTS) is 1. The van der Waals surface area contributed by atoms with E-state index in [1.807, 2.05) is 22.8 Å². The maximum atomic E-state index is 12.7. The summed E-state index contributed by atoms with van der Waals surface area (Å²) < 4.78 is 1.89. The van der Waals surface area contributed by atoms with Crippen molar-refractivity contribution in [3.8, 4) is 11.1 Å². The van der Waals surface area contributed by atoms with Gasteiger partial charge in [-0.05, 0) is 40.8 Å². The number of rotatable bonds is 4. The van der Waals surface area contributed by atoms with E-state index in [0.717, 1.165) is 28.6 Å². The third-order valence-corrected chi connectivity index (χ3v) is 6.56. The first kappa shape index (κ1) is 19.5. The van der Waals surface area contributed by atoms with Gasteiger partial charge in [-0.15, -0.1) is 0 Å². The van der Waals surface area contributed by atoms with E-state index in [2.05, 4.69) is 30.3 Å². The molecule has 0 unspecified atom stereocenters. The summed E-state index contributed by atoms with van der Waals surface area (Å²) in [5, 5.41) is 11.2. The second kappa shape index (κ2) is 7.69. The number of aliphatic carboxylic acids is 1. The fourth-order valence-electron chi connectivity index (χ4n) is 5.19. The van der Waals surface area contributed by atoms with Gasteiger partial charge in [0.05, 0.1) is 6.42 Å². The van der Waals surface area contributed by atoms with Crippen LogP contribution in [0.25, 0.3) is 21.9 Å². The molecule has 2 atom stereocenters. The zero-order chi connectivity index (χ0) is 21.5. The van der Waals surface area contributed by atoms with Gasteiger partial charge in [0, 0.05) is 49.3 Å². The number of amides is 1. The molecular weight excluding hydrogens is 392 g/mol. The molecule has 158 valence electrons. The predicted molar refractivity (Wildman–Crippen MR) is 118 cm³/mol. The van der Waals surface area contributed by atoms with Crippen LogP contribution in [0.1, 0.15) is 30.9 Å². The average molecular weight is 416 g/mol. The standard InChI is InChI=1S/C25H24N2O4/c28-22(9-10-24(30)31)26-13-16-11-20(15-26)25-21(7-8-23(29)27(25)14-16)19-6-5-17-3-1-2-4-18(17)12-19/h1-8,12,16,20H,9-11,13-15H2,(H,30,31)/t16-,20+/m0/s1. The summed E-state index contributed by atoms with van der Waals surface area (Å²) >= 11 is 0. The lowest BCUT2D eigenvalue weighted by molar-refractivity contribution is -0.141. The van der Waals surface area contributed by atoms with Gasteiger partial charge in [-0.25, -0.2) is 0 Å². The summed E-state index contributed by atoms with van der Waals surface area (Å²) in [5.41, 5.74) is 3.10. The molecule has 2 aliphatic heterocycles. The first-order valence-electron chi connectivity index (χ1n) is 10.7. The zero-order valence-electron chi connectivity index (χ0n) is 17.2. The minimum Gasteiger partial charge on any atom is -0.481 e. The lowest BCUT2D eigenvalue weighted by Gasteiger charge is -2.43. The summed E-state index contributed by atoms with van der Waals surface area (Å²) in [6.45, 7) is 1.70. The SMILES string of the molecule is O=C(O)CCC(=O)N1C[C@@H]2C[C@H](C1)c1c(-c3ccc4ccccc4c3)ccc(=O)n1C2. The Labute approximate surface area is 179 Å². The highest BCUT2D eigenvalue weighted by molar-refractivity contribution is 5.87. The molecule has 1 amide bonds. The van der Waals surface area contributed by atoms with Crippen LogP contribution in [-0.2, 0) is 16.1 Å². The maximum absolute atomic E-state index is 12.7. The van der Waals surface area contributed by atoms with E-state index in [9.17, 15) is 14.4 Å². The molecule has 0 spiro atoms. The average Bonchev–Trinajstić information content (AvgIpc) is 2.77. The number of hydrogen-bond donors (Lipinski definition) is 1. The Balaban J connectivity index is 1.53. The van der Waals surface area contributed by atoms with E-state index >= 15 is 0 Å². The monoisotopic (exact) mass is 416 g/mol. The van der Waals surface area contributed by atoms with Crippen LogP contribution in [0, 0.1) is 5.92 Å². The molecule has 1 saturated heterocycles.